The Morgan fingerprint density at radius 1 is 1.41 bits per heavy atom. The SMILES string of the molecule is COc1cncc(C(=O)c2ncccc2Cl)c1. The second-order valence-electron chi connectivity index (χ2n) is 3.28. The summed E-state index contributed by atoms with van der Waals surface area (Å²) >= 11 is 5.91. The number of hydrogen-bond acceptors (Lipinski definition) is 4. The Balaban J connectivity index is 2.40. The summed E-state index contributed by atoms with van der Waals surface area (Å²) in [6, 6.07) is 4.89. The van der Waals surface area contributed by atoms with E-state index in [2.05, 4.69) is 9.97 Å². The molecule has 0 fully saturated rings. The third-order valence-corrected chi connectivity index (χ3v) is 2.49. The van der Waals surface area contributed by atoms with Crippen LogP contribution in [0.25, 0.3) is 0 Å². The minimum Gasteiger partial charge on any atom is -0.495 e. The average molecular weight is 249 g/mol. The molecule has 0 aliphatic carbocycles. The molecule has 2 aromatic rings. The number of carbonyl (C=O) groups is 1. The maximum atomic E-state index is 12.1. The number of ether oxygens (including phenoxy) is 1. The van der Waals surface area contributed by atoms with Gasteiger partial charge in [0.2, 0.25) is 5.78 Å². The van der Waals surface area contributed by atoms with E-state index in [1.54, 1.807) is 18.2 Å². The molecule has 4 nitrogen and oxygen atoms in total. The summed E-state index contributed by atoms with van der Waals surface area (Å²) in [5.41, 5.74) is 0.606. The van der Waals surface area contributed by atoms with E-state index in [4.69, 9.17) is 16.3 Å². The fourth-order valence-electron chi connectivity index (χ4n) is 1.34. The van der Waals surface area contributed by atoms with Gasteiger partial charge in [-0.3, -0.25) is 14.8 Å². The highest BCUT2D eigenvalue weighted by molar-refractivity contribution is 6.34. The molecule has 0 aliphatic heterocycles. The molecule has 0 radical (unpaired) electrons. The Hall–Kier alpha value is -1.94. The van der Waals surface area contributed by atoms with Crippen molar-refractivity contribution in [2.75, 3.05) is 7.11 Å². The maximum absolute atomic E-state index is 12.1. The van der Waals surface area contributed by atoms with Crippen molar-refractivity contribution in [2.45, 2.75) is 0 Å². The molecule has 2 aromatic heterocycles. The van der Waals surface area contributed by atoms with E-state index in [0.29, 0.717) is 16.3 Å². The van der Waals surface area contributed by atoms with E-state index in [9.17, 15) is 4.79 Å². The zero-order chi connectivity index (χ0) is 12.3. The van der Waals surface area contributed by atoms with Crippen LogP contribution in [0.4, 0.5) is 0 Å². The van der Waals surface area contributed by atoms with Crippen molar-refractivity contribution < 1.29 is 9.53 Å². The second kappa shape index (κ2) is 4.93. The summed E-state index contributed by atoms with van der Waals surface area (Å²) < 4.78 is 5.00. The smallest absolute Gasteiger partial charge is 0.214 e. The number of rotatable bonds is 3. The molecule has 0 atom stereocenters. The maximum Gasteiger partial charge on any atom is 0.214 e. The van der Waals surface area contributed by atoms with Crippen LogP contribution in [-0.2, 0) is 0 Å². The van der Waals surface area contributed by atoms with Gasteiger partial charge < -0.3 is 4.74 Å². The van der Waals surface area contributed by atoms with Gasteiger partial charge >= 0.3 is 0 Å². The van der Waals surface area contributed by atoms with Gasteiger partial charge in [-0.15, -0.1) is 0 Å². The molecule has 2 heterocycles. The number of pyridine rings is 2. The Kier molecular flexibility index (Phi) is 3.35. The molecule has 0 aromatic carbocycles. The Bertz CT molecular complexity index is 558. The van der Waals surface area contributed by atoms with Gasteiger partial charge in [0.05, 0.1) is 18.3 Å². The van der Waals surface area contributed by atoms with Crippen molar-refractivity contribution in [1.29, 1.82) is 0 Å². The summed E-state index contributed by atoms with van der Waals surface area (Å²) in [6.45, 7) is 0. The first-order valence-corrected chi connectivity index (χ1v) is 5.24. The number of nitrogens with zero attached hydrogens (tertiary/aromatic N) is 2. The first kappa shape index (κ1) is 11.5. The van der Waals surface area contributed by atoms with E-state index < -0.39 is 0 Å². The largest absolute Gasteiger partial charge is 0.495 e. The van der Waals surface area contributed by atoms with Gasteiger partial charge in [0, 0.05) is 18.0 Å². The Morgan fingerprint density at radius 3 is 2.94 bits per heavy atom. The highest BCUT2D eigenvalue weighted by atomic mass is 35.5. The predicted molar refractivity (Wildman–Crippen MR) is 63.5 cm³/mol. The van der Waals surface area contributed by atoms with Gasteiger partial charge in [-0.2, -0.15) is 0 Å². The van der Waals surface area contributed by atoms with Gasteiger partial charge in [0.1, 0.15) is 11.4 Å². The number of hydrogen-bond donors (Lipinski definition) is 0. The van der Waals surface area contributed by atoms with Crippen molar-refractivity contribution in [3.05, 3.63) is 53.1 Å². The van der Waals surface area contributed by atoms with Gasteiger partial charge in [-0.05, 0) is 18.2 Å². The van der Waals surface area contributed by atoms with Crippen LogP contribution in [0.3, 0.4) is 0 Å². The molecule has 0 saturated heterocycles. The van der Waals surface area contributed by atoms with Crippen molar-refractivity contribution >= 4 is 17.4 Å². The minimum atomic E-state index is -0.276. The third-order valence-electron chi connectivity index (χ3n) is 2.18. The summed E-state index contributed by atoms with van der Waals surface area (Å²) in [5, 5.41) is 0.320. The molecule has 0 saturated carbocycles. The molecule has 2 rings (SSSR count). The second-order valence-corrected chi connectivity index (χ2v) is 3.68. The van der Waals surface area contributed by atoms with Crippen LogP contribution in [0.1, 0.15) is 16.1 Å². The first-order valence-electron chi connectivity index (χ1n) is 4.86. The van der Waals surface area contributed by atoms with Crippen molar-refractivity contribution in [2.24, 2.45) is 0 Å². The van der Waals surface area contributed by atoms with Crippen molar-refractivity contribution in [3.63, 3.8) is 0 Å². The molecular formula is C12H9ClN2O2. The molecular weight excluding hydrogens is 240 g/mol. The quantitative estimate of drug-likeness (QED) is 0.783. The van der Waals surface area contributed by atoms with E-state index >= 15 is 0 Å². The van der Waals surface area contributed by atoms with Crippen LogP contribution >= 0.6 is 11.6 Å². The molecule has 0 spiro atoms. The Labute approximate surface area is 103 Å². The number of methoxy groups -OCH3 is 1. The summed E-state index contributed by atoms with van der Waals surface area (Å²) in [4.78, 5) is 20.0. The molecule has 0 bridgehead atoms. The van der Waals surface area contributed by atoms with Crippen molar-refractivity contribution in [3.8, 4) is 5.75 Å². The van der Waals surface area contributed by atoms with Crippen molar-refractivity contribution in [1.82, 2.24) is 9.97 Å². The summed E-state index contributed by atoms with van der Waals surface area (Å²) in [6.07, 6.45) is 4.50. The van der Waals surface area contributed by atoms with Gasteiger partial charge in [0.25, 0.3) is 0 Å². The van der Waals surface area contributed by atoms with Gasteiger partial charge in [-0.1, -0.05) is 11.6 Å². The lowest BCUT2D eigenvalue weighted by molar-refractivity contribution is 0.103. The van der Waals surface area contributed by atoms with Crippen LogP contribution in [0.2, 0.25) is 5.02 Å². The minimum absolute atomic E-state index is 0.212. The van der Waals surface area contributed by atoms with Crippen LogP contribution in [0.5, 0.6) is 5.75 Å². The summed E-state index contributed by atoms with van der Waals surface area (Å²) in [5.74, 6) is 0.241. The fraction of sp³-hybridized carbons (Fsp3) is 0.0833. The molecule has 0 unspecified atom stereocenters. The standard InChI is InChI=1S/C12H9ClN2O2/c1-17-9-5-8(6-14-7-9)12(16)11-10(13)3-2-4-15-11/h2-7H,1H3. The van der Waals surface area contributed by atoms with E-state index in [-0.39, 0.29) is 11.5 Å². The molecule has 0 N–H and O–H groups in total. The number of ketones is 1. The van der Waals surface area contributed by atoms with Crippen LogP contribution in [0, 0.1) is 0 Å². The molecule has 0 amide bonds. The normalized spacial score (nSPS) is 10.0. The third kappa shape index (κ3) is 2.42. The number of aromatic nitrogens is 2. The van der Waals surface area contributed by atoms with E-state index in [0.717, 1.165) is 0 Å². The molecule has 0 aliphatic rings. The molecule has 17 heavy (non-hydrogen) atoms. The monoisotopic (exact) mass is 248 g/mol. The predicted octanol–water partition coefficient (Wildman–Crippen LogP) is 2.37. The summed E-state index contributed by atoms with van der Waals surface area (Å²) in [7, 11) is 1.51. The Morgan fingerprint density at radius 2 is 2.24 bits per heavy atom. The first-order chi connectivity index (χ1) is 8.22. The highest BCUT2D eigenvalue weighted by Gasteiger charge is 2.14. The van der Waals surface area contributed by atoms with Gasteiger partial charge in [0.15, 0.2) is 0 Å². The topological polar surface area (TPSA) is 52.1 Å². The van der Waals surface area contributed by atoms with E-state index in [1.165, 1.54) is 25.7 Å². The van der Waals surface area contributed by atoms with Crippen LogP contribution < -0.4 is 4.74 Å². The number of carbonyl (C=O) groups excluding carboxylic acids is 1. The van der Waals surface area contributed by atoms with Gasteiger partial charge in [-0.25, -0.2) is 0 Å². The van der Waals surface area contributed by atoms with E-state index in [1.807, 2.05) is 0 Å². The van der Waals surface area contributed by atoms with Crippen LogP contribution in [-0.4, -0.2) is 22.9 Å². The fourth-order valence-corrected chi connectivity index (χ4v) is 1.55. The average Bonchev–Trinajstić information content (AvgIpc) is 2.38. The number of halogens is 1. The van der Waals surface area contributed by atoms with Crippen LogP contribution in [0.15, 0.2) is 36.8 Å². The lowest BCUT2D eigenvalue weighted by Crippen LogP contribution is -2.05. The lowest BCUT2D eigenvalue weighted by atomic mass is 10.1. The lowest BCUT2D eigenvalue weighted by Gasteiger charge is -2.03. The zero-order valence-electron chi connectivity index (χ0n) is 9.05. The zero-order valence-corrected chi connectivity index (χ0v) is 9.81. The molecule has 5 heteroatoms. The highest BCUT2D eigenvalue weighted by Crippen LogP contribution is 2.18. The molecule has 86 valence electrons.